The molecule has 0 spiro atoms. The van der Waals surface area contributed by atoms with Crippen LogP contribution in [0.4, 0.5) is 5.69 Å². The van der Waals surface area contributed by atoms with Gasteiger partial charge in [-0.1, -0.05) is 53.4 Å². The maximum atomic E-state index is 14.2. The van der Waals surface area contributed by atoms with E-state index < -0.39 is 0 Å². The molecule has 2 heterocycles. The van der Waals surface area contributed by atoms with Crippen molar-refractivity contribution in [1.82, 2.24) is 25.8 Å². The first-order valence-corrected chi connectivity index (χ1v) is 13.3. The van der Waals surface area contributed by atoms with Gasteiger partial charge in [0, 0.05) is 47.4 Å². The number of hydrogen-bond donors (Lipinski definition) is 3. The van der Waals surface area contributed by atoms with E-state index in [0.717, 1.165) is 37.9 Å². The van der Waals surface area contributed by atoms with Crippen LogP contribution in [0.15, 0.2) is 42.5 Å². The Morgan fingerprint density at radius 3 is 2.42 bits per heavy atom. The van der Waals surface area contributed by atoms with E-state index in [2.05, 4.69) is 20.8 Å². The van der Waals surface area contributed by atoms with Gasteiger partial charge in [0.2, 0.25) is 0 Å². The van der Waals surface area contributed by atoms with Crippen LogP contribution in [0.1, 0.15) is 42.2 Å². The highest BCUT2D eigenvalue weighted by molar-refractivity contribution is 7.80. The number of aromatic nitrogens is 2. The standard InChI is InChI=1S/C25H27Cl3N6OS/c1-2-29-25(36)30-15-19-22(16-6-8-17(26)9-7-16)31-32-23(19)24(35)34(33-12-4-3-5-13-33)21-11-10-18(27)14-20(21)28/h6-11,14H,2-5,12-13,15H2,1H3,(H,31,32)(H2,29,30,36). The third-order valence-corrected chi connectivity index (χ3v) is 6.99. The van der Waals surface area contributed by atoms with Crippen molar-refractivity contribution >= 4 is 63.7 Å². The molecule has 3 aromatic rings. The Kier molecular flexibility index (Phi) is 9.09. The van der Waals surface area contributed by atoms with Gasteiger partial charge < -0.3 is 10.6 Å². The fraction of sp³-hybridized carbons (Fsp3) is 0.320. The van der Waals surface area contributed by atoms with Gasteiger partial charge in [0.25, 0.3) is 5.91 Å². The lowest BCUT2D eigenvalue weighted by molar-refractivity contribution is 0.0866. The van der Waals surface area contributed by atoms with Crippen molar-refractivity contribution in [2.24, 2.45) is 0 Å². The number of nitrogens with zero attached hydrogens (tertiary/aromatic N) is 3. The Labute approximate surface area is 231 Å². The number of rotatable bonds is 7. The van der Waals surface area contributed by atoms with E-state index in [1.54, 1.807) is 35.3 Å². The number of hydrazine groups is 1. The molecule has 0 unspecified atom stereocenters. The smallest absolute Gasteiger partial charge is 0.291 e. The summed E-state index contributed by atoms with van der Waals surface area (Å²) >= 11 is 24.2. The first-order chi connectivity index (χ1) is 17.4. The van der Waals surface area contributed by atoms with Gasteiger partial charge in [-0.2, -0.15) is 5.10 Å². The molecular formula is C25H27Cl3N6OS. The normalized spacial score (nSPS) is 13.9. The fourth-order valence-electron chi connectivity index (χ4n) is 4.18. The molecule has 0 atom stereocenters. The molecule has 11 heteroatoms. The number of amides is 1. The molecule has 1 aliphatic rings. The minimum atomic E-state index is -0.264. The Bertz CT molecular complexity index is 1230. The molecule has 7 nitrogen and oxygen atoms in total. The van der Waals surface area contributed by atoms with Crippen molar-refractivity contribution in [2.75, 3.05) is 24.6 Å². The molecule has 3 N–H and O–H groups in total. The summed E-state index contributed by atoms with van der Waals surface area (Å²) in [6.07, 6.45) is 3.09. The number of halogens is 3. The number of hydrogen-bond acceptors (Lipinski definition) is 4. The number of aromatic amines is 1. The topological polar surface area (TPSA) is 76.3 Å². The molecule has 2 aromatic carbocycles. The van der Waals surface area contributed by atoms with E-state index in [9.17, 15) is 4.79 Å². The van der Waals surface area contributed by atoms with Crippen molar-refractivity contribution in [3.8, 4) is 11.3 Å². The van der Waals surface area contributed by atoms with Gasteiger partial charge in [-0.3, -0.25) is 9.89 Å². The van der Waals surface area contributed by atoms with Crippen molar-refractivity contribution in [3.63, 3.8) is 0 Å². The van der Waals surface area contributed by atoms with Crippen molar-refractivity contribution in [1.29, 1.82) is 0 Å². The molecule has 0 aliphatic carbocycles. The molecule has 190 valence electrons. The van der Waals surface area contributed by atoms with E-state index in [0.29, 0.717) is 55.9 Å². The van der Waals surface area contributed by atoms with Crippen LogP contribution in [0.5, 0.6) is 0 Å². The average Bonchev–Trinajstić information content (AvgIpc) is 3.29. The monoisotopic (exact) mass is 564 g/mol. The van der Waals surface area contributed by atoms with Gasteiger partial charge in [-0.25, -0.2) is 10.0 Å². The second kappa shape index (κ2) is 12.3. The molecule has 36 heavy (non-hydrogen) atoms. The molecule has 4 rings (SSSR count). The van der Waals surface area contributed by atoms with Crippen LogP contribution in [0.3, 0.4) is 0 Å². The molecule has 0 saturated carbocycles. The first-order valence-electron chi connectivity index (χ1n) is 11.8. The van der Waals surface area contributed by atoms with Crippen LogP contribution in [-0.4, -0.2) is 45.9 Å². The van der Waals surface area contributed by atoms with Gasteiger partial charge in [0.05, 0.1) is 16.4 Å². The highest BCUT2D eigenvalue weighted by Gasteiger charge is 2.31. The van der Waals surface area contributed by atoms with Gasteiger partial charge in [0.1, 0.15) is 5.69 Å². The molecule has 0 radical (unpaired) electrons. The maximum absolute atomic E-state index is 14.2. The third-order valence-electron chi connectivity index (χ3n) is 5.91. The number of nitrogens with one attached hydrogen (secondary N) is 3. The van der Waals surface area contributed by atoms with Crippen LogP contribution in [0.2, 0.25) is 15.1 Å². The van der Waals surface area contributed by atoms with E-state index in [1.165, 1.54) is 0 Å². The Morgan fingerprint density at radius 2 is 1.75 bits per heavy atom. The summed E-state index contributed by atoms with van der Waals surface area (Å²) in [5.74, 6) is -0.264. The number of thiocarbonyl (C=S) groups is 1. The summed E-state index contributed by atoms with van der Waals surface area (Å²) in [7, 11) is 0. The summed E-state index contributed by atoms with van der Waals surface area (Å²) in [5.41, 5.74) is 3.08. The highest BCUT2D eigenvalue weighted by Crippen LogP contribution is 2.33. The Hall–Kier alpha value is -2.36. The Balaban J connectivity index is 1.77. The van der Waals surface area contributed by atoms with Gasteiger partial charge in [-0.05, 0) is 62.3 Å². The van der Waals surface area contributed by atoms with Crippen LogP contribution in [0, 0.1) is 0 Å². The molecule has 1 saturated heterocycles. The van der Waals surface area contributed by atoms with Gasteiger partial charge in [-0.15, -0.1) is 0 Å². The second-order valence-electron chi connectivity index (χ2n) is 8.37. The largest absolute Gasteiger partial charge is 0.363 e. The number of piperidine rings is 1. The maximum Gasteiger partial charge on any atom is 0.291 e. The van der Waals surface area contributed by atoms with Crippen LogP contribution >= 0.6 is 47.0 Å². The zero-order valence-corrected chi connectivity index (χ0v) is 22.9. The average molecular weight is 566 g/mol. The molecule has 1 aliphatic heterocycles. The summed E-state index contributed by atoms with van der Waals surface area (Å²) in [6, 6.07) is 12.5. The number of carbonyl (C=O) groups is 1. The SMILES string of the molecule is CCNC(=S)NCc1c(-c2ccc(Cl)cc2)n[nH]c1C(=O)N(c1ccc(Cl)cc1Cl)N1CCCCC1. The molecule has 0 bridgehead atoms. The summed E-state index contributed by atoms with van der Waals surface area (Å²) in [6.45, 7) is 4.42. The van der Waals surface area contributed by atoms with Gasteiger partial charge in [0.15, 0.2) is 5.11 Å². The lowest BCUT2D eigenvalue weighted by Gasteiger charge is -2.37. The quantitative estimate of drug-likeness (QED) is 0.302. The predicted molar refractivity (Wildman–Crippen MR) is 151 cm³/mol. The number of carbonyl (C=O) groups excluding carboxylic acids is 1. The summed E-state index contributed by atoms with van der Waals surface area (Å²) < 4.78 is 0. The van der Waals surface area contributed by atoms with Crippen LogP contribution in [0.25, 0.3) is 11.3 Å². The van der Waals surface area contributed by atoms with E-state index in [-0.39, 0.29) is 5.91 Å². The molecular weight excluding hydrogens is 539 g/mol. The number of anilines is 1. The van der Waals surface area contributed by atoms with Gasteiger partial charge >= 0.3 is 0 Å². The van der Waals surface area contributed by atoms with Crippen molar-refractivity contribution < 1.29 is 4.79 Å². The van der Waals surface area contributed by atoms with E-state index in [1.807, 2.05) is 24.1 Å². The zero-order chi connectivity index (χ0) is 25.7. The molecule has 1 aromatic heterocycles. The minimum Gasteiger partial charge on any atom is -0.363 e. The lowest BCUT2D eigenvalue weighted by Crippen LogP contribution is -2.49. The predicted octanol–water partition coefficient (Wildman–Crippen LogP) is 6.07. The lowest BCUT2D eigenvalue weighted by atomic mass is 10.0. The zero-order valence-electron chi connectivity index (χ0n) is 19.8. The number of H-pyrrole nitrogens is 1. The summed E-state index contributed by atoms with van der Waals surface area (Å²) in [5, 5.41) is 19.5. The van der Waals surface area contributed by atoms with E-state index >= 15 is 0 Å². The minimum absolute atomic E-state index is 0.264. The fourth-order valence-corrected chi connectivity index (χ4v) is 5.01. The summed E-state index contributed by atoms with van der Waals surface area (Å²) in [4.78, 5) is 14.2. The Morgan fingerprint density at radius 1 is 1.06 bits per heavy atom. The highest BCUT2D eigenvalue weighted by atomic mass is 35.5. The van der Waals surface area contributed by atoms with Crippen LogP contribution in [-0.2, 0) is 6.54 Å². The second-order valence-corrected chi connectivity index (χ2v) is 10.1. The molecule has 1 amide bonds. The van der Waals surface area contributed by atoms with Crippen LogP contribution < -0.4 is 15.6 Å². The van der Waals surface area contributed by atoms with E-state index in [4.69, 9.17) is 47.0 Å². The van der Waals surface area contributed by atoms with Crippen molar-refractivity contribution in [2.45, 2.75) is 32.7 Å². The third kappa shape index (κ3) is 6.12. The molecule has 1 fully saturated rings. The number of benzene rings is 2. The first kappa shape index (κ1) is 26.7. The van der Waals surface area contributed by atoms with Crippen molar-refractivity contribution in [3.05, 3.63) is 68.8 Å².